The van der Waals surface area contributed by atoms with E-state index in [0.29, 0.717) is 5.69 Å². The van der Waals surface area contributed by atoms with Crippen molar-refractivity contribution >= 4 is 5.97 Å². The fourth-order valence-corrected chi connectivity index (χ4v) is 2.26. The quantitative estimate of drug-likeness (QED) is 0.896. The van der Waals surface area contributed by atoms with Crippen molar-refractivity contribution in [2.24, 2.45) is 0 Å². The molecule has 0 saturated heterocycles. The average Bonchev–Trinajstić information content (AvgIpc) is 2.79. The summed E-state index contributed by atoms with van der Waals surface area (Å²) >= 11 is 0. The van der Waals surface area contributed by atoms with Crippen LogP contribution >= 0.6 is 0 Å². The normalized spacial score (nSPS) is 11.4. The van der Waals surface area contributed by atoms with Gasteiger partial charge in [0.2, 0.25) is 0 Å². The molecule has 0 spiro atoms. The van der Waals surface area contributed by atoms with Gasteiger partial charge >= 0.3 is 5.97 Å². The van der Waals surface area contributed by atoms with Gasteiger partial charge in [0.05, 0.1) is 0 Å². The SMILES string of the molecule is CC(C)(Cc1ccccc1)n1cccc1C(=O)O. The highest BCUT2D eigenvalue weighted by atomic mass is 16.4. The molecule has 0 fully saturated rings. The number of benzene rings is 1. The number of carbonyl (C=O) groups is 1. The highest BCUT2D eigenvalue weighted by Crippen LogP contribution is 2.23. The molecule has 1 heterocycles. The molecule has 3 heteroatoms. The molecule has 0 amide bonds. The van der Waals surface area contributed by atoms with E-state index >= 15 is 0 Å². The molecule has 0 aliphatic rings. The lowest BCUT2D eigenvalue weighted by atomic mass is 9.94. The molecule has 1 N–H and O–H groups in total. The van der Waals surface area contributed by atoms with E-state index in [9.17, 15) is 4.79 Å². The Kier molecular flexibility index (Phi) is 3.24. The number of hydrogen-bond acceptors (Lipinski definition) is 1. The average molecular weight is 243 g/mol. The van der Waals surface area contributed by atoms with Gasteiger partial charge in [-0.15, -0.1) is 0 Å². The van der Waals surface area contributed by atoms with E-state index < -0.39 is 5.97 Å². The van der Waals surface area contributed by atoms with Crippen molar-refractivity contribution in [3.05, 3.63) is 59.9 Å². The van der Waals surface area contributed by atoms with Crippen molar-refractivity contribution in [1.29, 1.82) is 0 Å². The first-order chi connectivity index (χ1) is 8.50. The van der Waals surface area contributed by atoms with Gasteiger partial charge in [0.25, 0.3) is 0 Å². The molecule has 0 atom stereocenters. The number of nitrogens with zero attached hydrogens (tertiary/aromatic N) is 1. The summed E-state index contributed by atoms with van der Waals surface area (Å²) in [6.45, 7) is 4.10. The van der Waals surface area contributed by atoms with Gasteiger partial charge in [0, 0.05) is 11.7 Å². The van der Waals surface area contributed by atoms with Gasteiger partial charge < -0.3 is 9.67 Å². The fraction of sp³-hybridized carbons (Fsp3) is 0.267. The summed E-state index contributed by atoms with van der Waals surface area (Å²) in [5.74, 6) is -0.888. The molecule has 2 aromatic rings. The van der Waals surface area contributed by atoms with Crippen LogP contribution in [-0.4, -0.2) is 15.6 Å². The van der Waals surface area contributed by atoms with Crippen molar-refractivity contribution in [3.8, 4) is 0 Å². The molecule has 0 saturated carbocycles. The summed E-state index contributed by atoms with van der Waals surface area (Å²) < 4.78 is 1.82. The van der Waals surface area contributed by atoms with Crippen molar-refractivity contribution < 1.29 is 9.90 Å². The third-order valence-corrected chi connectivity index (χ3v) is 3.10. The molecule has 0 aliphatic heterocycles. The molecule has 2 rings (SSSR count). The summed E-state index contributed by atoms with van der Waals surface area (Å²) in [6, 6.07) is 13.5. The van der Waals surface area contributed by atoms with E-state index in [1.165, 1.54) is 5.56 Å². The largest absolute Gasteiger partial charge is 0.477 e. The van der Waals surface area contributed by atoms with Crippen LogP contribution < -0.4 is 0 Å². The number of aromatic nitrogens is 1. The van der Waals surface area contributed by atoms with E-state index in [1.807, 2.05) is 42.8 Å². The van der Waals surface area contributed by atoms with Gasteiger partial charge in [-0.3, -0.25) is 0 Å². The molecule has 0 radical (unpaired) electrons. The topological polar surface area (TPSA) is 42.2 Å². The monoisotopic (exact) mass is 243 g/mol. The Labute approximate surface area is 107 Å². The third kappa shape index (κ3) is 2.45. The van der Waals surface area contributed by atoms with E-state index in [4.69, 9.17) is 5.11 Å². The van der Waals surface area contributed by atoms with Crippen LogP contribution in [0.1, 0.15) is 29.9 Å². The highest BCUT2D eigenvalue weighted by Gasteiger charge is 2.24. The smallest absolute Gasteiger partial charge is 0.352 e. The Balaban J connectivity index is 2.30. The van der Waals surface area contributed by atoms with Gasteiger partial charge in [0.15, 0.2) is 0 Å². The number of carboxylic acids is 1. The van der Waals surface area contributed by atoms with Gasteiger partial charge in [-0.2, -0.15) is 0 Å². The Morgan fingerprint density at radius 3 is 2.44 bits per heavy atom. The number of hydrogen-bond donors (Lipinski definition) is 1. The minimum Gasteiger partial charge on any atom is -0.477 e. The van der Waals surface area contributed by atoms with Crippen LogP contribution in [0.5, 0.6) is 0 Å². The second-order valence-corrected chi connectivity index (χ2v) is 5.04. The standard InChI is InChI=1S/C15H17NO2/c1-15(2,11-12-7-4-3-5-8-12)16-10-6-9-13(16)14(17)18/h3-10H,11H2,1-2H3,(H,17,18). The molecule has 1 aromatic carbocycles. The van der Waals surface area contributed by atoms with E-state index in [-0.39, 0.29) is 5.54 Å². The van der Waals surface area contributed by atoms with Gasteiger partial charge in [-0.25, -0.2) is 4.79 Å². The maximum atomic E-state index is 11.2. The lowest BCUT2D eigenvalue weighted by Gasteiger charge is -2.28. The maximum absolute atomic E-state index is 11.2. The van der Waals surface area contributed by atoms with Crippen LogP contribution in [0, 0.1) is 0 Å². The predicted octanol–water partition coefficient (Wildman–Crippen LogP) is 3.16. The lowest BCUT2D eigenvalue weighted by Crippen LogP contribution is -2.31. The molecule has 0 aliphatic carbocycles. The molecule has 1 aromatic heterocycles. The Bertz CT molecular complexity index is 541. The number of rotatable bonds is 4. The van der Waals surface area contributed by atoms with E-state index in [2.05, 4.69) is 12.1 Å². The summed E-state index contributed by atoms with van der Waals surface area (Å²) in [5, 5.41) is 9.16. The van der Waals surface area contributed by atoms with Gasteiger partial charge in [-0.1, -0.05) is 30.3 Å². The molecule has 0 unspecified atom stereocenters. The molecule has 94 valence electrons. The van der Waals surface area contributed by atoms with Crippen LogP contribution in [0.25, 0.3) is 0 Å². The number of carboxylic acid groups (broad SMARTS) is 1. The predicted molar refractivity (Wildman–Crippen MR) is 70.9 cm³/mol. The minimum atomic E-state index is -0.888. The minimum absolute atomic E-state index is 0.265. The van der Waals surface area contributed by atoms with Crippen LogP contribution in [-0.2, 0) is 12.0 Å². The van der Waals surface area contributed by atoms with Crippen molar-refractivity contribution in [2.45, 2.75) is 25.8 Å². The fourth-order valence-electron chi connectivity index (χ4n) is 2.26. The van der Waals surface area contributed by atoms with Gasteiger partial charge in [-0.05, 0) is 38.0 Å². The molecular formula is C15H17NO2. The first-order valence-corrected chi connectivity index (χ1v) is 5.96. The van der Waals surface area contributed by atoms with Crippen molar-refractivity contribution in [2.75, 3.05) is 0 Å². The Morgan fingerprint density at radius 2 is 1.83 bits per heavy atom. The second-order valence-electron chi connectivity index (χ2n) is 5.04. The highest BCUT2D eigenvalue weighted by molar-refractivity contribution is 5.85. The van der Waals surface area contributed by atoms with E-state index in [0.717, 1.165) is 6.42 Å². The number of aromatic carboxylic acids is 1. The first kappa shape index (κ1) is 12.4. The molecular weight excluding hydrogens is 226 g/mol. The molecule has 18 heavy (non-hydrogen) atoms. The zero-order valence-electron chi connectivity index (χ0n) is 10.6. The van der Waals surface area contributed by atoms with Crippen molar-refractivity contribution in [3.63, 3.8) is 0 Å². The molecule has 0 bridgehead atoms. The summed E-state index contributed by atoms with van der Waals surface area (Å²) in [6.07, 6.45) is 2.62. The first-order valence-electron chi connectivity index (χ1n) is 5.96. The van der Waals surface area contributed by atoms with Crippen molar-refractivity contribution in [1.82, 2.24) is 4.57 Å². The zero-order valence-corrected chi connectivity index (χ0v) is 10.6. The summed E-state index contributed by atoms with van der Waals surface area (Å²) in [4.78, 5) is 11.2. The van der Waals surface area contributed by atoms with Gasteiger partial charge in [0.1, 0.15) is 5.69 Å². The Morgan fingerprint density at radius 1 is 1.17 bits per heavy atom. The Hall–Kier alpha value is -2.03. The van der Waals surface area contributed by atoms with Crippen LogP contribution in [0.2, 0.25) is 0 Å². The second kappa shape index (κ2) is 4.69. The summed E-state index contributed by atoms with van der Waals surface area (Å²) in [5.41, 5.74) is 1.27. The van der Waals surface area contributed by atoms with Crippen LogP contribution in [0.4, 0.5) is 0 Å². The zero-order chi connectivity index (χ0) is 13.2. The van der Waals surface area contributed by atoms with E-state index in [1.54, 1.807) is 12.1 Å². The molecule has 3 nitrogen and oxygen atoms in total. The lowest BCUT2D eigenvalue weighted by molar-refractivity contribution is 0.0677. The van der Waals surface area contributed by atoms with Crippen LogP contribution in [0.3, 0.4) is 0 Å². The third-order valence-electron chi connectivity index (χ3n) is 3.10. The maximum Gasteiger partial charge on any atom is 0.352 e. The summed E-state index contributed by atoms with van der Waals surface area (Å²) in [7, 11) is 0. The van der Waals surface area contributed by atoms with Crippen LogP contribution in [0.15, 0.2) is 48.7 Å².